The van der Waals surface area contributed by atoms with Gasteiger partial charge in [-0.25, -0.2) is 0 Å². The van der Waals surface area contributed by atoms with Crippen LogP contribution in [-0.4, -0.2) is 40.0 Å². The Kier molecular flexibility index (Phi) is 5.40. The van der Waals surface area contributed by atoms with Gasteiger partial charge in [0.1, 0.15) is 12.4 Å². The SMILES string of the molecule is Cc1ccc(Cl)c(OCCNS(=O)(=O)N(C)C)c1. The highest BCUT2D eigenvalue weighted by Gasteiger charge is 2.11. The van der Waals surface area contributed by atoms with Crippen LogP contribution in [0.3, 0.4) is 0 Å². The van der Waals surface area contributed by atoms with Gasteiger partial charge in [-0.3, -0.25) is 0 Å². The van der Waals surface area contributed by atoms with Crippen molar-refractivity contribution in [3.63, 3.8) is 0 Å². The summed E-state index contributed by atoms with van der Waals surface area (Å²) in [6.07, 6.45) is 0. The Morgan fingerprint density at radius 2 is 2.06 bits per heavy atom. The molecule has 0 spiro atoms. The molecule has 7 heteroatoms. The number of halogens is 1. The van der Waals surface area contributed by atoms with Crippen molar-refractivity contribution >= 4 is 21.8 Å². The van der Waals surface area contributed by atoms with Gasteiger partial charge in [-0.2, -0.15) is 17.4 Å². The van der Waals surface area contributed by atoms with Gasteiger partial charge in [0.05, 0.1) is 5.02 Å². The van der Waals surface area contributed by atoms with Gasteiger partial charge < -0.3 is 4.74 Å². The van der Waals surface area contributed by atoms with Crippen LogP contribution in [0.1, 0.15) is 5.56 Å². The average molecular weight is 293 g/mol. The zero-order chi connectivity index (χ0) is 13.8. The Labute approximate surface area is 113 Å². The standard InChI is InChI=1S/C11H17ClN2O3S/c1-9-4-5-10(12)11(8-9)17-7-6-13-18(15,16)14(2)3/h4-5,8,13H,6-7H2,1-3H3. The minimum atomic E-state index is -3.40. The molecule has 0 bridgehead atoms. The first-order valence-electron chi connectivity index (χ1n) is 5.39. The molecule has 5 nitrogen and oxygen atoms in total. The fraction of sp³-hybridized carbons (Fsp3) is 0.455. The minimum absolute atomic E-state index is 0.185. The smallest absolute Gasteiger partial charge is 0.279 e. The first-order valence-corrected chi connectivity index (χ1v) is 7.21. The monoisotopic (exact) mass is 292 g/mol. The fourth-order valence-electron chi connectivity index (χ4n) is 1.18. The van der Waals surface area contributed by atoms with Crippen LogP contribution in [0.5, 0.6) is 5.75 Å². The van der Waals surface area contributed by atoms with E-state index in [9.17, 15) is 8.42 Å². The third-order valence-corrected chi connectivity index (χ3v) is 4.05. The lowest BCUT2D eigenvalue weighted by Crippen LogP contribution is -2.37. The molecular weight excluding hydrogens is 276 g/mol. The summed E-state index contributed by atoms with van der Waals surface area (Å²) in [5.41, 5.74) is 1.03. The largest absolute Gasteiger partial charge is 0.491 e. The molecule has 0 unspecified atom stereocenters. The number of aryl methyl sites for hydroxylation is 1. The molecule has 0 heterocycles. The van der Waals surface area contributed by atoms with Crippen molar-refractivity contribution in [3.05, 3.63) is 28.8 Å². The summed E-state index contributed by atoms with van der Waals surface area (Å²) in [4.78, 5) is 0. The Bertz CT molecular complexity index is 503. The van der Waals surface area contributed by atoms with E-state index < -0.39 is 10.2 Å². The van der Waals surface area contributed by atoms with Gasteiger partial charge >= 0.3 is 0 Å². The summed E-state index contributed by atoms with van der Waals surface area (Å²) in [6, 6.07) is 5.43. The number of hydrogen-bond donors (Lipinski definition) is 1. The summed E-state index contributed by atoms with van der Waals surface area (Å²) < 4.78 is 31.7. The maximum atomic E-state index is 11.4. The number of nitrogens with zero attached hydrogens (tertiary/aromatic N) is 1. The van der Waals surface area contributed by atoms with E-state index in [0.29, 0.717) is 10.8 Å². The molecule has 1 rings (SSSR count). The molecule has 0 aliphatic heterocycles. The molecule has 0 saturated carbocycles. The van der Waals surface area contributed by atoms with E-state index in [-0.39, 0.29) is 13.2 Å². The summed E-state index contributed by atoms with van der Waals surface area (Å²) in [5.74, 6) is 0.556. The van der Waals surface area contributed by atoms with E-state index in [1.165, 1.54) is 14.1 Å². The van der Waals surface area contributed by atoms with Crippen molar-refractivity contribution in [3.8, 4) is 5.75 Å². The second-order valence-corrected chi connectivity index (χ2v) is 6.34. The first kappa shape index (κ1) is 15.2. The molecule has 0 amide bonds. The molecule has 0 atom stereocenters. The molecule has 0 aromatic heterocycles. The van der Waals surface area contributed by atoms with Crippen LogP contribution in [-0.2, 0) is 10.2 Å². The fourth-order valence-corrected chi connectivity index (χ4v) is 1.95. The third-order valence-electron chi connectivity index (χ3n) is 2.21. The van der Waals surface area contributed by atoms with E-state index in [2.05, 4.69) is 4.72 Å². The maximum absolute atomic E-state index is 11.4. The van der Waals surface area contributed by atoms with Crippen molar-refractivity contribution in [1.82, 2.24) is 9.03 Å². The van der Waals surface area contributed by atoms with Crippen LogP contribution in [0.4, 0.5) is 0 Å². The van der Waals surface area contributed by atoms with Crippen molar-refractivity contribution in [2.24, 2.45) is 0 Å². The van der Waals surface area contributed by atoms with Gasteiger partial charge in [-0.15, -0.1) is 0 Å². The van der Waals surface area contributed by atoms with E-state index in [1.807, 2.05) is 19.1 Å². The van der Waals surface area contributed by atoms with E-state index >= 15 is 0 Å². The predicted molar refractivity (Wildman–Crippen MR) is 72.3 cm³/mol. The molecule has 0 aliphatic carbocycles. The topological polar surface area (TPSA) is 58.6 Å². The average Bonchev–Trinajstić information content (AvgIpc) is 2.28. The molecule has 102 valence electrons. The van der Waals surface area contributed by atoms with Crippen molar-refractivity contribution in [2.75, 3.05) is 27.2 Å². The normalized spacial score (nSPS) is 11.8. The number of benzene rings is 1. The maximum Gasteiger partial charge on any atom is 0.279 e. The Balaban J connectivity index is 2.46. The molecule has 1 N–H and O–H groups in total. The van der Waals surface area contributed by atoms with Gasteiger partial charge in [0.2, 0.25) is 0 Å². The molecule has 1 aromatic rings. The zero-order valence-corrected chi connectivity index (χ0v) is 12.2. The second-order valence-electron chi connectivity index (χ2n) is 3.96. The Morgan fingerprint density at radius 3 is 2.67 bits per heavy atom. The minimum Gasteiger partial charge on any atom is -0.491 e. The summed E-state index contributed by atoms with van der Waals surface area (Å²) in [7, 11) is -0.483. The van der Waals surface area contributed by atoms with Crippen LogP contribution in [0.2, 0.25) is 5.02 Å². The van der Waals surface area contributed by atoms with Crippen LogP contribution < -0.4 is 9.46 Å². The van der Waals surface area contributed by atoms with Gasteiger partial charge in [-0.1, -0.05) is 17.7 Å². The highest BCUT2D eigenvalue weighted by Crippen LogP contribution is 2.24. The zero-order valence-electron chi connectivity index (χ0n) is 10.6. The first-order chi connectivity index (χ1) is 8.33. The van der Waals surface area contributed by atoms with Crippen molar-refractivity contribution < 1.29 is 13.2 Å². The number of nitrogens with one attached hydrogen (secondary N) is 1. The highest BCUT2D eigenvalue weighted by atomic mass is 35.5. The molecule has 0 saturated heterocycles. The summed E-state index contributed by atoms with van der Waals surface area (Å²) >= 11 is 5.94. The predicted octanol–water partition coefficient (Wildman–Crippen LogP) is 1.42. The third kappa shape index (κ3) is 4.45. The second kappa shape index (κ2) is 6.38. The van der Waals surface area contributed by atoms with Crippen LogP contribution >= 0.6 is 11.6 Å². The number of rotatable bonds is 6. The van der Waals surface area contributed by atoms with Gasteiger partial charge in [-0.05, 0) is 24.6 Å². The van der Waals surface area contributed by atoms with E-state index in [0.717, 1.165) is 9.87 Å². The molecule has 0 fully saturated rings. The highest BCUT2D eigenvalue weighted by molar-refractivity contribution is 7.87. The molecular formula is C11H17ClN2O3S. The number of ether oxygens (including phenoxy) is 1. The van der Waals surface area contributed by atoms with Crippen LogP contribution in [0.25, 0.3) is 0 Å². The van der Waals surface area contributed by atoms with E-state index in [4.69, 9.17) is 16.3 Å². The lowest BCUT2D eigenvalue weighted by Gasteiger charge is -2.13. The van der Waals surface area contributed by atoms with Crippen LogP contribution in [0, 0.1) is 6.92 Å². The Hall–Kier alpha value is -0.820. The summed E-state index contributed by atoms with van der Waals surface area (Å²) in [5, 5.41) is 0.510. The van der Waals surface area contributed by atoms with Gasteiger partial charge in [0.25, 0.3) is 10.2 Å². The van der Waals surface area contributed by atoms with Crippen LogP contribution in [0.15, 0.2) is 18.2 Å². The molecule has 0 radical (unpaired) electrons. The lowest BCUT2D eigenvalue weighted by molar-refractivity contribution is 0.321. The molecule has 0 aliphatic rings. The van der Waals surface area contributed by atoms with Gasteiger partial charge in [0, 0.05) is 20.6 Å². The molecule has 1 aromatic carbocycles. The van der Waals surface area contributed by atoms with Crippen molar-refractivity contribution in [2.45, 2.75) is 6.92 Å². The lowest BCUT2D eigenvalue weighted by atomic mass is 10.2. The number of hydrogen-bond acceptors (Lipinski definition) is 3. The van der Waals surface area contributed by atoms with Crippen molar-refractivity contribution in [1.29, 1.82) is 0 Å². The molecule has 18 heavy (non-hydrogen) atoms. The Morgan fingerprint density at radius 1 is 1.39 bits per heavy atom. The van der Waals surface area contributed by atoms with Gasteiger partial charge in [0.15, 0.2) is 0 Å². The van der Waals surface area contributed by atoms with E-state index in [1.54, 1.807) is 6.07 Å². The quantitative estimate of drug-likeness (QED) is 0.807. The summed E-state index contributed by atoms with van der Waals surface area (Å²) in [6.45, 7) is 2.33.